The van der Waals surface area contributed by atoms with E-state index in [-0.39, 0.29) is 6.61 Å². The fourth-order valence-corrected chi connectivity index (χ4v) is 0.392. The van der Waals surface area contributed by atoms with Gasteiger partial charge in [0.25, 0.3) is 0 Å². The van der Waals surface area contributed by atoms with Crippen molar-refractivity contribution in [1.29, 1.82) is 0 Å². The summed E-state index contributed by atoms with van der Waals surface area (Å²) < 4.78 is 0. The van der Waals surface area contributed by atoms with Crippen LogP contribution in [0.2, 0.25) is 0 Å². The molecule has 0 saturated heterocycles. The molecule has 0 aliphatic heterocycles. The van der Waals surface area contributed by atoms with E-state index in [9.17, 15) is 9.59 Å². The van der Waals surface area contributed by atoms with E-state index in [4.69, 9.17) is 5.11 Å². The molecule has 0 amide bonds. The van der Waals surface area contributed by atoms with Gasteiger partial charge in [-0.1, -0.05) is 32.8 Å². The molecule has 0 aliphatic rings. The molecule has 5 heteroatoms. The standard InChI is InChI=1S/C7H10O5.C4H10/c1-2-3-4-11-12-7(10)5-6(8)9;1-3-4-2/h2H,1,3-5H2,(H,8,9);3-4H2,1-2H3. The Hall–Kier alpha value is -1.36. The molecule has 0 unspecified atom stereocenters. The molecule has 94 valence electrons. The molecule has 0 spiro atoms. The van der Waals surface area contributed by atoms with Crippen molar-refractivity contribution in [2.45, 2.75) is 39.5 Å². The van der Waals surface area contributed by atoms with Gasteiger partial charge in [-0.05, 0) is 6.42 Å². The van der Waals surface area contributed by atoms with Gasteiger partial charge in [0.2, 0.25) is 0 Å². The Morgan fingerprint density at radius 3 is 2.25 bits per heavy atom. The summed E-state index contributed by atoms with van der Waals surface area (Å²) in [5, 5.41) is 8.11. The van der Waals surface area contributed by atoms with Crippen LogP contribution >= 0.6 is 0 Å². The summed E-state index contributed by atoms with van der Waals surface area (Å²) in [7, 11) is 0. The van der Waals surface area contributed by atoms with E-state index in [1.807, 2.05) is 0 Å². The summed E-state index contributed by atoms with van der Waals surface area (Å²) >= 11 is 0. The first-order valence-corrected chi connectivity index (χ1v) is 5.23. The molecular weight excluding hydrogens is 212 g/mol. The predicted molar refractivity (Wildman–Crippen MR) is 59.7 cm³/mol. The smallest absolute Gasteiger partial charge is 0.353 e. The van der Waals surface area contributed by atoms with Crippen molar-refractivity contribution in [1.82, 2.24) is 0 Å². The van der Waals surface area contributed by atoms with Crippen LogP contribution in [0.15, 0.2) is 12.7 Å². The number of rotatable bonds is 7. The Kier molecular flexibility index (Phi) is 14.5. The highest BCUT2D eigenvalue weighted by molar-refractivity contribution is 5.89. The van der Waals surface area contributed by atoms with Crippen LogP contribution in [0, 0.1) is 0 Å². The minimum atomic E-state index is -1.24. The second-order valence-electron chi connectivity index (χ2n) is 2.93. The predicted octanol–water partition coefficient (Wildman–Crippen LogP) is 2.32. The molecule has 0 atom stereocenters. The molecule has 0 radical (unpaired) electrons. The molecule has 0 aromatic heterocycles. The maximum Gasteiger partial charge on any atom is 0.353 e. The lowest BCUT2D eigenvalue weighted by Gasteiger charge is -1.99. The molecule has 0 aromatic rings. The number of hydrogen-bond donors (Lipinski definition) is 1. The highest BCUT2D eigenvalue weighted by Crippen LogP contribution is 1.89. The molecule has 0 rings (SSSR count). The normalized spacial score (nSPS) is 8.62. The molecule has 5 nitrogen and oxygen atoms in total. The number of carboxylic acid groups (broad SMARTS) is 1. The molecule has 1 N–H and O–H groups in total. The summed E-state index contributed by atoms with van der Waals surface area (Å²) in [4.78, 5) is 28.8. The minimum absolute atomic E-state index is 0.189. The zero-order chi connectivity index (χ0) is 12.8. The lowest BCUT2D eigenvalue weighted by Crippen LogP contribution is -2.11. The third kappa shape index (κ3) is 18.4. The van der Waals surface area contributed by atoms with Crippen molar-refractivity contribution in [3.8, 4) is 0 Å². The summed E-state index contributed by atoms with van der Waals surface area (Å²) in [5.41, 5.74) is 0. The van der Waals surface area contributed by atoms with Crippen LogP contribution in [-0.2, 0) is 19.4 Å². The maximum absolute atomic E-state index is 10.5. The Morgan fingerprint density at radius 1 is 1.31 bits per heavy atom. The van der Waals surface area contributed by atoms with Crippen LogP contribution in [0.3, 0.4) is 0 Å². The lowest BCUT2D eigenvalue weighted by atomic mass is 10.4. The quantitative estimate of drug-likeness (QED) is 0.240. The maximum atomic E-state index is 10.5. The number of unbranched alkanes of at least 4 members (excludes halogenated alkanes) is 1. The van der Waals surface area contributed by atoms with Gasteiger partial charge < -0.3 is 5.11 Å². The van der Waals surface area contributed by atoms with Crippen molar-refractivity contribution >= 4 is 11.9 Å². The highest BCUT2D eigenvalue weighted by Gasteiger charge is 2.09. The molecule has 0 heterocycles. The van der Waals surface area contributed by atoms with Crippen LogP contribution in [0.1, 0.15) is 39.5 Å². The summed E-state index contributed by atoms with van der Waals surface area (Å²) in [6.45, 7) is 7.96. The van der Waals surface area contributed by atoms with Crippen molar-refractivity contribution in [2.75, 3.05) is 6.61 Å². The zero-order valence-electron chi connectivity index (χ0n) is 9.90. The average molecular weight is 232 g/mol. The van der Waals surface area contributed by atoms with E-state index in [0.29, 0.717) is 6.42 Å². The Bertz CT molecular complexity index is 199. The van der Waals surface area contributed by atoms with E-state index >= 15 is 0 Å². The van der Waals surface area contributed by atoms with Crippen molar-refractivity contribution in [3.05, 3.63) is 12.7 Å². The van der Waals surface area contributed by atoms with Crippen LogP contribution < -0.4 is 0 Å². The second kappa shape index (κ2) is 13.6. The summed E-state index contributed by atoms with van der Waals surface area (Å²) in [5.74, 6) is -2.15. The third-order valence-corrected chi connectivity index (χ3v) is 1.35. The van der Waals surface area contributed by atoms with E-state index < -0.39 is 18.4 Å². The average Bonchev–Trinajstić information content (AvgIpc) is 2.24. The minimum Gasteiger partial charge on any atom is -0.481 e. The third-order valence-electron chi connectivity index (χ3n) is 1.35. The van der Waals surface area contributed by atoms with Gasteiger partial charge in [0, 0.05) is 0 Å². The van der Waals surface area contributed by atoms with Gasteiger partial charge in [-0.25, -0.2) is 4.79 Å². The van der Waals surface area contributed by atoms with Gasteiger partial charge >= 0.3 is 11.9 Å². The summed E-state index contributed by atoms with van der Waals surface area (Å²) in [6.07, 6.45) is 4.08. The first-order chi connectivity index (χ1) is 7.58. The Morgan fingerprint density at radius 2 is 1.88 bits per heavy atom. The monoisotopic (exact) mass is 232 g/mol. The molecular formula is C11H20O5. The second-order valence-corrected chi connectivity index (χ2v) is 2.93. The molecule has 0 bridgehead atoms. The van der Waals surface area contributed by atoms with Gasteiger partial charge in [-0.3, -0.25) is 9.68 Å². The largest absolute Gasteiger partial charge is 0.481 e. The molecule has 0 aromatic carbocycles. The van der Waals surface area contributed by atoms with Gasteiger partial charge in [-0.15, -0.1) is 6.58 Å². The number of aliphatic carboxylic acids is 1. The van der Waals surface area contributed by atoms with Gasteiger partial charge in [0.15, 0.2) is 0 Å². The molecule has 16 heavy (non-hydrogen) atoms. The van der Waals surface area contributed by atoms with Gasteiger partial charge in [0.1, 0.15) is 6.42 Å². The van der Waals surface area contributed by atoms with E-state index in [1.165, 1.54) is 12.8 Å². The van der Waals surface area contributed by atoms with Crippen molar-refractivity contribution in [2.24, 2.45) is 0 Å². The number of carbonyl (C=O) groups is 2. The Balaban J connectivity index is 0. The number of carbonyl (C=O) groups excluding carboxylic acids is 1. The zero-order valence-corrected chi connectivity index (χ0v) is 9.90. The first-order valence-electron chi connectivity index (χ1n) is 5.23. The molecule has 0 saturated carbocycles. The van der Waals surface area contributed by atoms with Gasteiger partial charge in [0.05, 0.1) is 6.61 Å². The SMILES string of the molecule is C=CCCOOC(=O)CC(=O)O.CCCC. The Labute approximate surface area is 96.0 Å². The van der Waals surface area contributed by atoms with Crippen molar-refractivity contribution < 1.29 is 24.5 Å². The number of carboxylic acids is 1. The van der Waals surface area contributed by atoms with E-state index in [0.717, 1.165) is 0 Å². The fourth-order valence-electron chi connectivity index (χ4n) is 0.392. The van der Waals surface area contributed by atoms with Crippen LogP contribution in [0.25, 0.3) is 0 Å². The van der Waals surface area contributed by atoms with Crippen LogP contribution in [-0.4, -0.2) is 23.7 Å². The fraction of sp³-hybridized carbons (Fsp3) is 0.636. The molecule has 0 aliphatic carbocycles. The van der Waals surface area contributed by atoms with Crippen molar-refractivity contribution in [3.63, 3.8) is 0 Å². The number of hydrogen-bond acceptors (Lipinski definition) is 4. The highest BCUT2D eigenvalue weighted by atomic mass is 17.2. The molecule has 0 fully saturated rings. The van der Waals surface area contributed by atoms with Crippen LogP contribution in [0.4, 0.5) is 0 Å². The summed E-state index contributed by atoms with van der Waals surface area (Å²) in [6, 6.07) is 0. The van der Waals surface area contributed by atoms with E-state index in [1.54, 1.807) is 6.08 Å². The lowest BCUT2D eigenvalue weighted by molar-refractivity contribution is -0.271. The van der Waals surface area contributed by atoms with Crippen LogP contribution in [0.5, 0.6) is 0 Å². The first kappa shape index (κ1) is 17.0. The van der Waals surface area contributed by atoms with Gasteiger partial charge in [-0.2, -0.15) is 4.89 Å². The topological polar surface area (TPSA) is 72.8 Å². The van der Waals surface area contributed by atoms with E-state index in [2.05, 4.69) is 30.2 Å².